The third kappa shape index (κ3) is 6.67. The number of ether oxygens (including phenoxy) is 1. The van der Waals surface area contributed by atoms with Crippen molar-refractivity contribution in [2.45, 2.75) is 27.7 Å². The predicted molar refractivity (Wildman–Crippen MR) is 133 cm³/mol. The van der Waals surface area contributed by atoms with Crippen molar-refractivity contribution in [3.05, 3.63) is 96.1 Å². The van der Waals surface area contributed by atoms with Gasteiger partial charge in [-0.25, -0.2) is 4.79 Å². The van der Waals surface area contributed by atoms with Gasteiger partial charge in [0.25, 0.3) is 5.91 Å². The molecule has 0 radical (unpaired) electrons. The lowest BCUT2D eigenvalue weighted by atomic mass is 10.1. The first kappa shape index (κ1) is 24.6. The van der Waals surface area contributed by atoms with Gasteiger partial charge in [-0.2, -0.15) is 0 Å². The Morgan fingerprint density at radius 3 is 1.66 bits per heavy atom. The topological polar surface area (TPSA) is 55.4 Å². The summed E-state index contributed by atoms with van der Waals surface area (Å²) < 4.78 is 4.94. The van der Waals surface area contributed by atoms with Crippen molar-refractivity contribution in [1.82, 2.24) is 5.32 Å². The fourth-order valence-electron chi connectivity index (χ4n) is 3.12. The first-order chi connectivity index (χ1) is 15.6. The first-order valence-electron chi connectivity index (χ1n) is 11.0. The zero-order valence-electron chi connectivity index (χ0n) is 19.2. The van der Waals surface area contributed by atoms with Crippen LogP contribution in [0.25, 0.3) is 21.5 Å². The molecule has 32 heavy (non-hydrogen) atoms. The molecule has 0 spiro atoms. The van der Waals surface area contributed by atoms with Crippen LogP contribution in [0.4, 0.5) is 0 Å². The maximum absolute atomic E-state index is 11.6. The van der Waals surface area contributed by atoms with Crippen LogP contribution < -0.4 is 5.32 Å². The molecule has 4 rings (SSSR count). The molecule has 0 aliphatic carbocycles. The van der Waals surface area contributed by atoms with Gasteiger partial charge >= 0.3 is 5.97 Å². The van der Waals surface area contributed by atoms with Gasteiger partial charge in [0.05, 0.1) is 12.2 Å². The van der Waals surface area contributed by atoms with E-state index in [9.17, 15) is 9.59 Å². The van der Waals surface area contributed by atoms with E-state index in [1.807, 2.05) is 99.6 Å². The Kier molecular flexibility index (Phi) is 9.92. The predicted octanol–water partition coefficient (Wildman–Crippen LogP) is 6.63. The fraction of sp³-hybridized carbons (Fsp3) is 0.214. The molecule has 0 atom stereocenters. The van der Waals surface area contributed by atoms with Crippen LogP contribution in [-0.2, 0) is 4.74 Å². The maximum Gasteiger partial charge on any atom is 0.338 e. The summed E-state index contributed by atoms with van der Waals surface area (Å²) in [5.74, 6) is -0.272. The third-order valence-corrected chi connectivity index (χ3v) is 4.61. The van der Waals surface area contributed by atoms with Crippen LogP contribution in [0.5, 0.6) is 0 Å². The summed E-state index contributed by atoms with van der Waals surface area (Å²) in [6.07, 6.45) is 0. The van der Waals surface area contributed by atoms with Gasteiger partial charge in [0.1, 0.15) is 0 Å². The van der Waals surface area contributed by atoms with E-state index in [0.717, 1.165) is 27.1 Å². The van der Waals surface area contributed by atoms with E-state index in [0.29, 0.717) is 18.7 Å². The van der Waals surface area contributed by atoms with Crippen molar-refractivity contribution in [3.8, 4) is 0 Å². The third-order valence-electron chi connectivity index (χ3n) is 4.61. The van der Waals surface area contributed by atoms with Gasteiger partial charge in [-0.1, -0.05) is 74.5 Å². The minimum Gasteiger partial charge on any atom is -0.462 e. The molecule has 1 N–H and O–H groups in total. The molecule has 1 amide bonds. The Bertz CT molecular complexity index is 1070. The molecule has 0 aliphatic heterocycles. The summed E-state index contributed by atoms with van der Waals surface area (Å²) in [5.41, 5.74) is 1.33. The van der Waals surface area contributed by atoms with Gasteiger partial charge in [0.15, 0.2) is 0 Å². The molecule has 4 heteroatoms. The molecule has 0 bridgehead atoms. The summed E-state index contributed by atoms with van der Waals surface area (Å²) in [6, 6.07) is 27.3. The van der Waals surface area contributed by atoms with E-state index in [-0.39, 0.29) is 11.9 Å². The first-order valence-corrected chi connectivity index (χ1v) is 11.0. The van der Waals surface area contributed by atoms with Gasteiger partial charge in [0, 0.05) is 12.1 Å². The fourth-order valence-corrected chi connectivity index (χ4v) is 3.12. The number of hydrogen-bond donors (Lipinski definition) is 1. The molecule has 4 aromatic rings. The van der Waals surface area contributed by atoms with E-state index in [1.54, 1.807) is 13.0 Å². The van der Waals surface area contributed by atoms with Crippen molar-refractivity contribution < 1.29 is 14.3 Å². The van der Waals surface area contributed by atoms with E-state index < -0.39 is 0 Å². The van der Waals surface area contributed by atoms with Crippen LogP contribution in [0.15, 0.2) is 84.9 Å². The summed E-state index contributed by atoms with van der Waals surface area (Å²) in [4.78, 5) is 23.0. The SMILES string of the molecule is CC.CCNC(=O)c1ccc2ccccc2c1.CCOC(=O)c1ccc2ccccc2c1. The van der Waals surface area contributed by atoms with Gasteiger partial charge in [-0.05, 0) is 59.7 Å². The van der Waals surface area contributed by atoms with Gasteiger partial charge in [0.2, 0.25) is 0 Å². The molecule has 0 saturated carbocycles. The average molecular weight is 430 g/mol. The summed E-state index contributed by atoms with van der Waals surface area (Å²) in [7, 11) is 0. The highest BCUT2D eigenvalue weighted by Crippen LogP contribution is 2.16. The van der Waals surface area contributed by atoms with Crippen molar-refractivity contribution in [3.63, 3.8) is 0 Å². The lowest BCUT2D eigenvalue weighted by molar-refractivity contribution is 0.0526. The highest BCUT2D eigenvalue weighted by Gasteiger charge is 2.06. The Hall–Kier alpha value is -3.66. The van der Waals surface area contributed by atoms with Gasteiger partial charge in [-0.3, -0.25) is 4.79 Å². The smallest absolute Gasteiger partial charge is 0.338 e. The average Bonchev–Trinajstić information content (AvgIpc) is 2.85. The van der Waals surface area contributed by atoms with Crippen LogP contribution in [0, 0.1) is 0 Å². The summed E-state index contributed by atoms with van der Waals surface area (Å²) in [5, 5.41) is 7.23. The second-order valence-corrected chi connectivity index (χ2v) is 6.70. The Morgan fingerprint density at radius 1 is 0.688 bits per heavy atom. The molecule has 0 aliphatic rings. The molecule has 4 aromatic carbocycles. The standard InChI is InChI=1S/C13H13NO.C13H12O2.C2H6/c1-2-14-13(15)12-8-7-10-5-3-4-6-11(10)9-12;1-2-15-13(14)12-8-7-10-5-3-4-6-11(10)9-12;1-2/h3-9H,2H2,1H3,(H,14,15);3-9H,2H2,1H3;1-2H3. The molecule has 0 aromatic heterocycles. The molecule has 0 fully saturated rings. The molecule has 0 unspecified atom stereocenters. The minimum absolute atomic E-state index is 0.0109. The largest absolute Gasteiger partial charge is 0.462 e. The van der Waals surface area contributed by atoms with E-state index in [2.05, 4.69) is 5.32 Å². The van der Waals surface area contributed by atoms with Crippen LogP contribution in [0.1, 0.15) is 48.4 Å². The van der Waals surface area contributed by atoms with Crippen LogP contribution >= 0.6 is 0 Å². The summed E-state index contributed by atoms with van der Waals surface area (Å²) >= 11 is 0. The van der Waals surface area contributed by atoms with Crippen molar-refractivity contribution >= 4 is 33.4 Å². The van der Waals surface area contributed by atoms with Crippen molar-refractivity contribution in [1.29, 1.82) is 0 Å². The molecular formula is C28H31NO3. The molecular weight excluding hydrogens is 398 g/mol. The van der Waals surface area contributed by atoms with Gasteiger partial charge < -0.3 is 10.1 Å². The second-order valence-electron chi connectivity index (χ2n) is 6.70. The highest BCUT2D eigenvalue weighted by molar-refractivity contribution is 5.98. The van der Waals surface area contributed by atoms with Crippen molar-refractivity contribution in [2.24, 2.45) is 0 Å². The maximum atomic E-state index is 11.6. The van der Waals surface area contributed by atoms with Crippen LogP contribution in [-0.4, -0.2) is 25.0 Å². The number of esters is 1. The summed E-state index contributed by atoms with van der Waals surface area (Å²) in [6.45, 7) is 8.79. The Labute approximate surface area is 190 Å². The number of rotatable bonds is 4. The second kappa shape index (κ2) is 12.9. The normalized spacial score (nSPS) is 9.75. The molecule has 0 heterocycles. The monoisotopic (exact) mass is 429 g/mol. The Balaban J connectivity index is 0.000000211. The number of carbonyl (C=O) groups excluding carboxylic acids is 2. The molecule has 166 valence electrons. The van der Waals surface area contributed by atoms with Gasteiger partial charge in [-0.15, -0.1) is 0 Å². The number of fused-ring (bicyclic) bond motifs is 2. The molecule has 0 saturated heterocycles. The Morgan fingerprint density at radius 2 is 1.16 bits per heavy atom. The minimum atomic E-state index is -0.261. The zero-order chi connectivity index (χ0) is 23.3. The number of nitrogens with one attached hydrogen (secondary N) is 1. The lowest BCUT2D eigenvalue weighted by Crippen LogP contribution is -2.22. The number of carbonyl (C=O) groups is 2. The zero-order valence-corrected chi connectivity index (χ0v) is 19.2. The quantitative estimate of drug-likeness (QED) is 0.370. The van der Waals surface area contributed by atoms with E-state index in [4.69, 9.17) is 4.74 Å². The lowest BCUT2D eigenvalue weighted by Gasteiger charge is -2.03. The molecule has 4 nitrogen and oxygen atoms in total. The number of hydrogen-bond acceptors (Lipinski definition) is 3. The van der Waals surface area contributed by atoms with E-state index in [1.165, 1.54) is 0 Å². The number of amides is 1. The van der Waals surface area contributed by atoms with Crippen molar-refractivity contribution in [2.75, 3.05) is 13.2 Å². The number of benzene rings is 4. The van der Waals surface area contributed by atoms with E-state index >= 15 is 0 Å². The van der Waals surface area contributed by atoms with Crippen LogP contribution in [0.2, 0.25) is 0 Å². The van der Waals surface area contributed by atoms with Crippen LogP contribution in [0.3, 0.4) is 0 Å². The highest BCUT2D eigenvalue weighted by atomic mass is 16.5.